The highest BCUT2D eigenvalue weighted by molar-refractivity contribution is 5.81. The van der Waals surface area contributed by atoms with Crippen molar-refractivity contribution in [3.05, 3.63) is 29.6 Å². The third kappa shape index (κ3) is 1.54. The first-order chi connectivity index (χ1) is 7.56. The summed E-state index contributed by atoms with van der Waals surface area (Å²) in [4.78, 5) is 11.3. The van der Waals surface area contributed by atoms with Crippen LogP contribution < -0.4 is 0 Å². The standard InChI is InChI=1S/C12H13FO3/c13-9-7-8(3-4-10(9)14)12(11(15)16)5-1-2-6-12/h3-4,7,14H,1-2,5-6H2,(H,15,16). The lowest BCUT2D eigenvalue weighted by Gasteiger charge is -2.24. The Labute approximate surface area is 92.5 Å². The van der Waals surface area contributed by atoms with E-state index in [1.807, 2.05) is 0 Å². The van der Waals surface area contributed by atoms with Gasteiger partial charge in [0.05, 0.1) is 5.41 Å². The number of aliphatic carboxylic acids is 1. The summed E-state index contributed by atoms with van der Waals surface area (Å²) in [6.45, 7) is 0. The van der Waals surface area contributed by atoms with Gasteiger partial charge in [0.25, 0.3) is 0 Å². The van der Waals surface area contributed by atoms with E-state index >= 15 is 0 Å². The number of carboxylic acids is 1. The highest BCUT2D eigenvalue weighted by atomic mass is 19.1. The molecule has 0 spiro atoms. The van der Waals surface area contributed by atoms with Crippen molar-refractivity contribution in [1.29, 1.82) is 0 Å². The Bertz CT molecular complexity index is 422. The van der Waals surface area contributed by atoms with Crippen molar-refractivity contribution in [3.8, 4) is 5.75 Å². The average molecular weight is 224 g/mol. The molecule has 2 rings (SSSR count). The number of phenolic OH excluding ortho intramolecular Hbond substituents is 1. The molecule has 3 nitrogen and oxygen atoms in total. The summed E-state index contributed by atoms with van der Waals surface area (Å²) in [6.07, 6.45) is 2.75. The SMILES string of the molecule is O=C(O)C1(c2ccc(O)c(F)c2)CCCC1. The number of phenols is 1. The van der Waals surface area contributed by atoms with Crippen molar-refractivity contribution in [2.24, 2.45) is 0 Å². The molecule has 0 aromatic heterocycles. The van der Waals surface area contributed by atoms with E-state index in [0.29, 0.717) is 18.4 Å². The smallest absolute Gasteiger partial charge is 0.314 e. The molecule has 4 heteroatoms. The lowest BCUT2D eigenvalue weighted by molar-refractivity contribution is -0.143. The number of benzene rings is 1. The van der Waals surface area contributed by atoms with Crippen LogP contribution in [0.4, 0.5) is 4.39 Å². The van der Waals surface area contributed by atoms with Gasteiger partial charge < -0.3 is 10.2 Å². The molecule has 86 valence electrons. The summed E-state index contributed by atoms with van der Waals surface area (Å²) in [7, 11) is 0. The van der Waals surface area contributed by atoms with Crippen LogP contribution in [0.3, 0.4) is 0 Å². The number of carbonyl (C=O) groups is 1. The monoisotopic (exact) mass is 224 g/mol. The molecule has 1 fully saturated rings. The molecule has 16 heavy (non-hydrogen) atoms. The molecule has 0 unspecified atom stereocenters. The van der Waals surface area contributed by atoms with E-state index in [2.05, 4.69) is 0 Å². The van der Waals surface area contributed by atoms with Gasteiger partial charge in [-0.25, -0.2) is 4.39 Å². The molecule has 0 saturated heterocycles. The Morgan fingerprint density at radius 1 is 1.31 bits per heavy atom. The maximum absolute atomic E-state index is 13.2. The number of halogens is 1. The van der Waals surface area contributed by atoms with Crippen LogP contribution in [0, 0.1) is 5.82 Å². The van der Waals surface area contributed by atoms with Gasteiger partial charge in [-0.2, -0.15) is 0 Å². The third-order valence-corrected chi connectivity index (χ3v) is 3.37. The summed E-state index contributed by atoms with van der Waals surface area (Å²) in [6, 6.07) is 3.85. The fourth-order valence-electron chi connectivity index (χ4n) is 2.41. The van der Waals surface area contributed by atoms with Crippen LogP contribution in [0.2, 0.25) is 0 Å². The number of hydrogen-bond donors (Lipinski definition) is 2. The maximum Gasteiger partial charge on any atom is 0.314 e. The normalized spacial score (nSPS) is 18.6. The number of aromatic hydroxyl groups is 1. The molecule has 1 aliphatic carbocycles. The van der Waals surface area contributed by atoms with E-state index in [1.165, 1.54) is 12.1 Å². The zero-order chi connectivity index (χ0) is 11.8. The Hall–Kier alpha value is -1.58. The molecule has 1 aliphatic rings. The lowest BCUT2D eigenvalue weighted by Crippen LogP contribution is -2.32. The predicted octanol–water partition coefficient (Wildman–Crippen LogP) is 2.43. The summed E-state index contributed by atoms with van der Waals surface area (Å²) >= 11 is 0. The second-order valence-electron chi connectivity index (χ2n) is 4.26. The minimum absolute atomic E-state index is 0.442. The number of carboxylic acid groups (broad SMARTS) is 1. The summed E-state index contributed by atoms with van der Waals surface area (Å²) < 4.78 is 13.2. The molecule has 1 aromatic carbocycles. The Kier molecular flexibility index (Phi) is 2.58. The Morgan fingerprint density at radius 3 is 2.44 bits per heavy atom. The molecule has 0 heterocycles. The van der Waals surface area contributed by atoms with E-state index < -0.39 is 23.0 Å². The van der Waals surface area contributed by atoms with Gasteiger partial charge in [0, 0.05) is 0 Å². The molecular formula is C12H13FO3. The zero-order valence-corrected chi connectivity index (χ0v) is 8.74. The minimum atomic E-state index is -0.964. The van der Waals surface area contributed by atoms with Crippen molar-refractivity contribution in [1.82, 2.24) is 0 Å². The Morgan fingerprint density at radius 2 is 1.94 bits per heavy atom. The first kappa shape index (κ1) is 10.9. The molecule has 0 amide bonds. The van der Waals surface area contributed by atoms with Gasteiger partial charge in [0.2, 0.25) is 0 Å². The van der Waals surface area contributed by atoms with Gasteiger partial charge in [-0.3, -0.25) is 4.79 Å². The largest absolute Gasteiger partial charge is 0.505 e. The molecule has 0 atom stereocenters. The molecule has 2 N–H and O–H groups in total. The van der Waals surface area contributed by atoms with E-state index in [9.17, 15) is 14.3 Å². The number of rotatable bonds is 2. The van der Waals surface area contributed by atoms with Crippen LogP contribution >= 0.6 is 0 Å². The van der Waals surface area contributed by atoms with E-state index in [-0.39, 0.29) is 0 Å². The van der Waals surface area contributed by atoms with Crippen molar-refractivity contribution in [3.63, 3.8) is 0 Å². The first-order valence-electron chi connectivity index (χ1n) is 5.29. The zero-order valence-electron chi connectivity index (χ0n) is 8.74. The van der Waals surface area contributed by atoms with Crippen molar-refractivity contribution >= 4 is 5.97 Å². The quantitative estimate of drug-likeness (QED) is 0.811. The second-order valence-corrected chi connectivity index (χ2v) is 4.26. The van der Waals surface area contributed by atoms with Gasteiger partial charge >= 0.3 is 5.97 Å². The third-order valence-electron chi connectivity index (χ3n) is 3.37. The van der Waals surface area contributed by atoms with E-state index in [4.69, 9.17) is 5.11 Å². The van der Waals surface area contributed by atoms with Gasteiger partial charge in [0.15, 0.2) is 11.6 Å². The van der Waals surface area contributed by atoms with Crippen LogP contribution in [-0.2, 0) is 10.2 Å². The number of hydrogen-bond acceptors (Lipinski definition) is 2. The first-order valence-corrected chi connectivity index (χ1v) is 5.29. The highest BCUT2D eigenvalue weighted by Gasteiger charge is 2.43. The van der Waals surface area contributed by atoms with Crippen molar-refractivity contribution in [2.75, 3.05) is 0 Å². The van der Waals surface area contributed by atoms with Gasteiger partial charge in [0.1, 0.15) is 0 Å². The van der Waals surface area contributed by atoms with Gasteiger partial charge in [-0.1, -0.05) is 18.9 Å². The van der Waals surface area contributed by atoms with Gasteiger partial charge in [-0.05, 0) is 30.5 Å². The van der Waals surface area contributed by atoms with E-state index in [0.717, 1.165) is 18.9 Å². The van der Waals surface area contributed by atoms with Crippen LogP contribution in [0.25, 0.3) is 0 Å². The van der Waals surface area contributed by atoms with Crippen molar-refractivity contribution < 1.29 is 19.4 Å². The maximum atomic E-state index is 13.2. The lowest BCUT2D eigenvalue weighted by atomic mass is 9.79. The van der Waals surface area contributed by atoms with Gasteiger partial charge in [-0.15, -0.1) is 0 Å². The molecule has 1 saturated carbocycles. The molecule has 0 bridgehead atoms. The average Bonchev–Trinajstić information content (AvgIpc) is 2.72. The van der Waals surface area contributed by atoms with Crippen LogP contribution in [-0.4, -0.2) is 16.2 Å². The Balaban J connectivity index is 2.47. The minimum Gasteiger partial charge on any atom is -0.505 e. The van der Waals surface area contributed by atoms with Crippen LogP contribution in [0.1, 0.15) is 31.2 Å². The highest BCUT2D eigenvalue weighted by Crippen LogP contribution is 2.42. The topological polar surface area (TPSA) is 57.5 Å². The summed E-state index contributed by atoms with van der Waals surface area (Å²) in [5, 5.41) is 18.4. The second kappa shape index (κ2) is 3.77. The molecular weight excluding hydrogens is 211 g/mol. The molecule has 0 aliphatic heterocycles. The summed E-state index contributed by atoms with van der Waals surface area (Å²) in [5.74, 6) is -2.11. The van der Waals surface area contributed by atoms with Crippen LogP contribution in [0.15, 0.2) is 18.2 Å². The fourth-order valence-corrected chi connectivity index (χ4v) is 2.41. The van der Waals surface area contributed by atoms with Crippen LogP contribution in [0.5, 0.6) is 5.75 Å². The summed E-state index contributed by atoms with van der Waals surface area (Å²) in [5.41, 5.74) is -0.512. The molecule has 0 radical (unpaired) electrons. The van der Waals surface area contributed by atoms with Crippen molar-refractivity contribution in [2.45, 2.75) is 31.1 Å². The fraction of sp³-hybridized carbons (Fsp3) is 0.417. The predicted molar refractivity (Wildman–Crippen MR) is 55.8 cm³/mol. The van der Waals surface area contributed by atoms with E-state index in [1.54, 1.807) is 0 Å². The molecule has 1 aromatic rings.